The quantitative estimate of drug-likeness (QED) is 0.862. The van der Waals surface area contributed by atoms with Gasteiger partial charge in [0.25, 0.3) is 0 Å². The summed E-state index contributed by atoms with van der Waals surface area (Å²) in [6, 6.07) is 7.80. The highest BCUT2D eigenvalue weighted by atomic mass is 16.5. The Kier molecular flexibility index (Phi) is 3.53. The average molecular weight is 312 g/mol. The van der Waals surface area contributed by atoms with Crippen LogP contribution >= 0.6 is 0 Å². The van der Waals surface area contributed by atoms with Crippen molar-refractivity contribution in [2.45, 2.75) is 19.3 Å². The molecule has 1 aliphatic heterocycles. The fourth-order valence-electron chi connectivity index (χ4n) is 3.60. The molecule has 1 saturated heterocycles. The number of nitrogens with two attached hydrogens (primary N) is 1. The van der Waals surface area contributed by atoms with Crippen molar-refractivity contribution in [1.82, 2.24) is 14.7 Å². The zero-order valence-corrected chi connectivity index (χ0v) is 13.7. The molecule has 2 aliphatic rings. The van der Waals surface area contributed by atoms with E-state index in [9.17, 15) is 0 Å². The number of rotatable bonds is 5. The molecule has 0 bridgehead atoms. The minimum atomic E-state index is 0.682. The van der Waals surface area contributed by atoms with Crippen LogP contribution in [0.5, 0.6) is 5.75 Å². The van der Waals surface area contributed by atoms with Gasteiger partial charge in [-0.3, -0.25) is 9.58 Å². The van der Waals surface area contributed by atoms with Gasteiger partial charge in [-0.1, -0.05) is 0 Å². The third-order valence-electron chi connectivity index (χ3n) is 5.24. The van der Waals surface area contributed by atoms with Crippen LogP contribution in [0.1, 0.15) is 19.3 Å². The molecule has 2 fully saturated rings. The van der Waals surface area contributed by atoms with Gasteiger partial charge in [-0.25, -0.2) is 0 Å². The molecule has 2 N–H and O–H groups in total. The normalized spacial score (nSPS) is 19.3. The lowest BCUT2D eigenvalue weighted by Crippen LogP contribution is -2.26. The van der Waals surface area contributed by atoms with Crippen LogP contribution in [0.15, 0.2) is 30.5 Å². The zero-order chi connectivity index (χ0) is 15.9. The number of aromatic nitrogens is 2. The van der Waals surface area contributed by atoms with Crippen LogP contribution in [0.3, 0.4) is 0 Å². The molecule has 0 amide bonds. The van der Waals surface area contributed by atoms with E-state index in [0.29, 0.717) is 12.0 Å². The van der Waals surface area contributed by atoms with E-state index < -0.39 is 0 Å². The maximum Gasteiger partial charge on any atom is 0.128 e. The van der Waals surface area contributed by atoms with Gasteiger partial charge >= 0.3 is 0 Å². The Morgan fingerprint density at radius 1 is 1.26 bits per heavy atom. The Balaban J connectivity index is 1.43. The number of nitrogens with zero attached hydrogens (tertiary/aromatic N) is 3. The van der Waals surface area contributed by atoms with Crippen molar-refractivity contribution in [3.63, 3.8) is 0 Å². The highest BCUT2D eigenvalue weighted by Gasteiger charge is 2.47. The first kappa shape index (κ1) is 14.6. The summed E-state index contributed by atoms with van der Waals surface area (Å²) in [4.78, 5) is 2.54. The lowest BCUT2D eigenvalue weighted by molar-refractivity contribution is 0.232. The first-order valence-corrected chi connectivity index (χ1v) is 8.38. The minimum Gasteiger partial charge on any atom is -0.492 e. The van der Waals surface area contributed by atoms with Crippen LogP contribution in [-0.4, -0.2) is 40.9 Å². The topological polar surface area (TPSA) is 56.3 Å². The minimum absolute atomic E-state index is 0.682. The SMILES string of the molecule is Cn1nccc1-c1cc(N)ccc1OCCN1CCC2(CC2)C1. The van der Waals surface area contributed by atoms with E-state index in [-0.39, 0.29) is 0 Å². The van der Waals surface area contributed by atoms with Gasteiger partial charge in [-0.15, -0.1) is 0 Å². The number of nitrogen functional groups attached to an aromatic ring is 1. The smallest absolute Gasteiger partial charge is 0.128 e. The molecule has 1 aliphatic carbocycles. The van der Waals surface area contributed by atoms with E-state index in [0.717, 1.165) is 29.2 Å². The number of hydrogen-bond donors (Lipinski definition) is 1. The van der Waals surface area contributed by atoms with Gasteiger partial charge in [0.05, 0.1) is 5.69 Å². The molecule has 1 spiro atoms. The van der Waals surface area contributed by atoms with E-state index in [1.54, 1.807) is 6.20 Å². The summed E-state index contributed by atoms with van der Waals surface area (Å²) in [5.74, 6) is 0.878. The van der Waals surface area contributed by atoms with Crippen molar-refractivity contribution >= 4 is 5.69 Å². The fourth-order valence-corrected chi connectivity index (χ4v) is 3.60. The molecular weight excluding hydrogens is 288 g/mol. The standard InChI is InChI=1S/C18H24N4O/c1-21-16(4-8-20-21)15-12-14(19)2-3-17(15)23-11-10-22-9-7-18(13-22)5-6-18/h2-4,8,12H,5-7,9-11,13,19H2,1H3. The zero-order valence-electron chi connectivity index (χ0n) is 13.7. The summed E-state index contributed by atoms with van der Waals surface area (Å²) >= 11 is 0. The van der Waals surface area contributed by atoms with Crippen LogP contribution < -0.4 is 10.5 Å². The van der Waals surface area contributed by atoms with Crippen LogP contribution in [0, 0.1) is 5.41 Å². The first-order valence-electron chi connectivity index (χ1n) is 8.38. The molecule has 1 aromatic heterocycles. The molecule has 5 nitrogen and oxygen atoms in total. The molecule has 4 rings (SSSR count). The van der Waals surface area contributed by atoms with Crippen molar-refractivity contribution < 1.29 is 4.74 Å². The third-order valence-corrected chi connectivity index (χ3v) is 5.24. The molecule has 23 heavy (non-hydrogen) atoms. The van der Waals surface area contributed by atoms with Crippen molar-refractivity contribution in [2.24, 2.45) is 12.5 Å². The number of benzene rings is 1. The second-order valence-electron chi connectivity index (χ2n) is 6.97. The number of anilines is 1. The van der Waals surface area contributed by atoms with Crippen molar-refractivity contribution in [3.8, 4) is 17.0 Å². The van der Waals surface area contributed by atoms with Gasteiger partial charge < -0.3 is 10.5 Å². The monoisotopic (exact) mass is 312 g/mol. The molecule has 0 atom stereocenters. The Labute approximate surface area is 137 Å². The molecule has 122 valence electrons. The van der Waals surface area contributed by atoms with Crippen LogP contribution in [0.4, 0.5) is 5.69 Å². The largest absolute Gasteiger partial charge is 0.492 e. The van der Waals surface area contributed by atoms with Crippen LogP contribution in [0.2, 0.25) is 0 Å². The Hall–Kier alpha value is -2.01. The summed E-state index contributed by atoms with van der Waals surface area (Å²) in [5.41, 5.74) is 9.40. The maximum atomic E-state index is 6.08. The fraction of sp³-hybridized carbons (Fsp3) is 0.500. The summed E-state index contributed by atoms with van der Waals surface area (Å²) < 4.78 is 7.93. The summed E-state index contributed by atoms with van der Waals surface area (Å²) in [6.07, 6.45) is 6.01. The lowest BCUT2D eigenvalue weighted by Gasteiger charge is -2.17. The van der Waals surface area contributed by atoms with Gasteiger partial charge in [-0.2, -0.15) is 5.10 Å². The van der Waals surface area contributed by atoms with Crippen LogP contribution in [0.25, 0.3) is 11.3 Å². The first-order chi connectivity index (χ1) is 11.2. The predicted molar refractivity (Wildman–Crippen MR) is 91.3 cm³/mol. The molecule has 0 radical (unpaired) electrons. The van der Waals surface area contributed by atoms with E-state index in [1.165, 1.54) is 32.4 Å². The number of ether oxygens (including phenoxy) is 1. The molecule has 5 heteroatoms. The molecule has 1 aromatic carbocycles. The number of aryl methyl sites for hydroxylation is 1. The predicted octanol–water partition coefficient (Wildman–Crippen LogP) is 2.53. The van der Waals surface area contributed by atoms with Gasteiger partial charge in [0, 0.05) is 37.6 Å². The summed E-state index contributed by atoms with van der Waals surface area (Å²) in [7, 11) is 1.93. The van der Waals surface area contributed by atoms with Crippen LogP contribution in [-0.2, 0) is 7.05 Å². The maximum absolute atomic E-state index is 6.08. The second kappa shape index (κ2) is 5.57. The van der Waals surface area contributed by atoms with Crippen molar-refractivity contribution in [1.29, 1.82) is 0 Å². The Morgan fingerprint density at radius 3 is 2.83 bits per heavy atom. The molecule has 2 aromatic rings. The second-order valence-corrected chi connectivity index (χ2v) is 6.97. The van der Waals surface area contributed by atoms with E-state index >= 15 is 0 Å². The lowest BCUT2D eigenvalue weighted by atomic mass is 10.1. The van der Waals surface area contributed by atoms with Gasteiger partial charge in [0.15, 0.2) is 0 Å². The van der Waals surface area contributed by atoms with E-state index in [1.807, 2.05) is 36.0 Å². The summed E-state index contributed by atoms with van der Waals surface area (Å²) in [5, 5.41) is 4.24. The average Bonchev–Trinajstić information content (AvgIpc) is 2.96. The molecule has 2 heterocycles. The molecule has 0 unspecified atom stereocenters. The van der Waals surface area contributed by atoms with E-state index in [2.05, 4.69) is 10.00 Å². The summed E-state index contributed by atoms with van der Waals surface area (Å²) in [6.45, 7) is 4.19. The number of hydrogen-bond acceptors (Lipinski definition) is 4. The number of likely N-dealkylation sites (tertiary alicyclic amines) is 1. The highest BCUT2D eigenvalue weighted by Crippen LogP contribution is 2.52. The third kappa shape index (κ3) is 2.93. The van der Waals surface area contributed by atoms with Crippen molar-refractivity contribution in [2.75, 3.05) is 32.0 Å². The van der Waals surface area contributed by atoms with Gasteiger partial charge in [0.1, 0.15) is 12.4 Å². The van der Waals surface area contributed by atoms with Gasteiger partial charge in [-0.05, 0) is 55.5 Å². The molecular formula is C18H24N4O. The van der Waals surface area contributed by atoms with Gasteiger partial charge in [0.2, 0.25) is 0 Å². The van der Waals surface area contributed by atoms with Crippen molar-refractivity contribution in [3.05, 3.63) is 30.5 Å². The van der Waals surface area contributed by atoms with E-state index in [4.69, 9.17) is 10.5 Å². The Bertz CT molecular complexity index is 705. The molecule has 1 saturated carbocycles. The highest BCUT2D eigenvalue weighted by molar-refractivity contribution is 5.71. The Morgan fingerprint density at radius 2 is 2.13 bits per heavy atom.